The Hall–Kier alpha value is -3.89. The van der Waals surface area contributed by atoms with E-state index in [1.807, 2.05) is 46.3 Å². The van der Waals surface area contributed by atoms with Gasteiger partial charge in [-0.05, 0) is 95.5 Å². The zero-order valence-corrected chi connectivity index (χ0v) is 32.4. The molecular formula is C41H61FN8O. The van der Waals surface area contributed by atoms with Gasteiger partial charge in [0.25, 0.3) is 0 Å². The number of halogens is 1. The minimum absolute atomic E-state index is 0.0714. The molecule has 2 fully saturated rings. The van der Waals surface area contributed by atoms with Crippen molar-refractivity contribution in [3.8, 4) is 0 Å². The Morgan fingerprint density at radius 3 is 2.49 bits per heavy atom. The third-order valence-corrected chi connectivity index (χ3v) is 10.7. The molecule has 1 aromatic carbocycles. The van der Waals surface area contributed by atoms with Crippen molar-refractivity contribution in [2.24, 2.45) is 0 Å². The van der Waals surface area contributed by atoms with Gasteiger partial charge in [0.05, 0.1) is 23.1 Å². The molecule has 3 aliphatic rings. The van der Waals surface area contributed by atoms with Crippen molar-refractivity contribution in [2.75, 3.05) is 54.9 Å². The van der Waals surface area contributed by atoms with E-state index in [2.05, 4.69) is 99.2 Å². The van der Waals surface area contributed by atoms with Gasteiger partial charge >= 0.3 is 0 Å². The van der Waals surface area contributed by atoms with Gasteiger partial charge in [-0.3, -0.25) is 9.69 Å². The highest BCUT2D eigenvalue weighted by Gasteiger charge is 2.30. The first kappa shape index (κ1) is 38.3. The molecule has 6 rings (SSSR count). The SMILES string of the molecule is CC.CCC(C)n1cc(CN(CC2=CC(C)NC=C2)C2CCCN(c3ccc(NC)nc3)C2)c(=O)c2cc(F)c(N3CC(C)NC(C)C3)c(C)c21. The molecule has 9 nitrogen and oxygen atoms in total. The van der Waals surface area contributed by atoms with Crippen LogP contribution in [0.2, 0.25) is 0 Å². The number of piperidine rings is 1. The lowest BCUT2D eigenvalue weighted by molar-refractivity contribution is 0.181. The molecule has 3 aliphatic heterocycles. The number of aromatic nitrogens is 2. The van der Waals surface area contributed by atoms with Crippen molar-refractivity contribution >= 4 is 28.1 Å². The van der Waals surface area contributed by atoms with Crippen molar-refractivity contribution in [1.82, 2.24) is 25.1 Å². The first-order valence-electron chi connectivity index (χ1n) is 19.2. The number of hydrogen-bond donors (Lipinski definition) is 3. The molecule has 0 saturated carbocycles. The van der Waals surface area contributed by atoms with Gasteiger partial charge in [0.15, 0.2) is 5.43 Å². The quantitative estimate of drug-likeness (QED) is 0.209. The first-order chi connectivity index (χ1) is 24.6. The number of rotatable bonds is 10. The van der Waals surface area contributed by atoms with Gasteiger partial charge < -0.3 is 30.3 Å². The van der Waals surface area contributed by atoms with E-state index in [9.17, 15) is 4.79 Å². The van der Waals surface area contributed by atoms with Crippen LogP contribution in [0.4, 0.5) is 21.6 Å². The average Bonchev–Trinajstić information content (AvgIpc) is 3.12. The van der Waals surface area contributed by atoms with Crippen LogP contribution in [0.25, 0.3) is 10.9 Å². The Balaban J connectivity index is 0.00000248. The van der Waals surface area contributed by atoms with E-state index in [0.717, 1.165) is 74.6 Å². The number of nitrogens with one attached hydrogen (secondary N) is 3. The molecular weight excluding hydrogens is 640 g/mol. The maximum Gasteiger partial charge on any atom is 0.193 e. The minimum Gasteiger partial charge on any atom is -0.385 e. The molecule has 2 aromatic heterocycles. The second-order valence-corrected chi connectivity index (χ2v) is 14.6. The smallest absolute Gasteiger partial charge is 0.193 e. The number of benzene rings is 1. The predicted octanol–water partition coefficient (Wildman–Crippen LogP) is 6.97. The van der Waals surface area contributed by atoms with E-state index in [0.29, 0.717) is 23.2 Å². The molecule has 0 radical (unpaired) electrons. The number of anilines is 3. The molecule has 2 saturated heterocycles. The summed E-state index contributed by atoms with van der Waals surface area (Å²) in [6.07, 6.45) is 13.4. The average molecular weight is 701 g/mol. The van der Waals surface area contributed by atoms with E-state index in [4.69, 9.17) is 0 Å². The Labute approximate surface area is 305 Å². The van der Waals surface area contributed by atoms with Gasteiger partial charge in [-0.2, -0.15) is 0 Å². The van der Waals surface area contributed by atoms with Crippen molar-refractivity contribution in [3.05, 3.63) is 81.7 Å². The van der Waals surface area contributed by atoms with Crippen molar-refractivity contribution < 1.29 is 4.39 Å². The van der Waals surface area contributed by atoms with Gasteiger partial charge in [-0.15, -0.1) is 0 Å². The summed E-state index contributed by atoms with van der Waals surface area (Å²) in [6, 6.07) is 6.77. The van der Waals surface area contributed by atoms with Crippen LogP contribution < -0.4 is 31.2 Å². The molecule has 5 heterocycles. The maximum absolute atomic E-state index is 16.2. The predicted molar refractivity (Wildman–Crippen MR) is 213 cm³/mol. The van der Waals surface area contributed by atoms with Crippen LogP contribution in [0.3, 0.4) is 0 Å². The fourth-order valence-electron chi connectivity index (χ4n) is 8.09. The highest BCUT2D eigenvalue weighted by molar-refractivity contribution is 5.88. The van der Waals surface area contributed by atoms with Crippen LogP contribution in [0.5, 0.6) is 0 Å². The van der Waals surface area contributed by atoms with Crippen LogP contribution in [-0.4, -0.2) is 78.4 Å². The molecule has 5 unspecified atom stereocenters. The van der Waals surface area contributed by atoms with E-state index in [-0.39, 0.29) is 41.5 Å². The summed E-state index contributed by atoms with van der Waals surface area (Å²) in [7, 11) is 1.88. The van der Waals surface area contributed by atoms with Crippen LogP contribution in [0.1, 0.15) is 84.9 Å². The summed E-state index contributed by atoms with van der Waals surface area (Å²) in [5.41, 5.74) is 5.30. The summed E-state index contributed by atoms with van der Waals surface area (Å²) >= 11 is 0. The second-order valence-electron chi connectivity index (χ2n) is 14.6. The number of fused-ring (bicyclic) bond motifs is 1. The summed E-state index contributed by atoms with van der Waals surface area (Å²) in [4.78, 5) is 26.1. The zero-order valence-electron chi connectivity index (χ0n) is 32.4. The standard InChI is InChI=1S/C39H55FN8O.C2H6/c1-8-28(5)48-23-31(39(49)34-17-35(40)38(29(6)37(34)48)47-19-26(3)44-27(4)20-47)22-46(21-30-13-14-42-25(2)16-30)33-10-9-15-45(24-33)32-11-12-36(41-7)43-18-32;1-2/h11-14,16-18,23,25-28,33,42,44H,8-10,15,19-22,24H2,1-7H3,(H,41,43);1-2H3. The Morgan fingerprint density at radius 1 is 1.10 bits per heavy atom. The summed E-state index contributed by atoms with van der Waals surface area (Å²) < 4.78 is 18.5. The number of piperazine rings is 1. The molecule has 3 aromatic rings. The molecule has 0 bridgehead atoms. The fraction of sp³-hybridized carbons (Fsp3) is 0.561. The summed E-state index contributed by atoms with van der Waals surface area (Å²) in [5, 5.41) is 10.5. The van der Waals surface area contributed by atoms with Crippen LogP contribution in [0.15, 0.2) is 59.3 Å². The molecule has 278 valence electrons. The number of nitrogens with zero attached hydrogens (tertiary/aromatic N) is 5. The third-order valence-electron chi connectivity index (χ3n) is 10.7. The lowest BCUT2D eigenvalue weighted by Gasteiger charge is -2.41. The number of dihydropyridines is 1. The Kier molecular flexibility index (Phi) is 12.8. The minimum atomic E-state index is -0.312. The highest BCUT2D eigenvalue weighted by atomic mass is 19.1. The fourth-order valence-corrected chi connectivity index (χ4v) is 8.09. The molecule has 0 spiro atoms. The largest absolute Gasteiger partial charge is 0.385 e. The van der Waals surface area contributed by atoms with E-state index >= 15 is 4.39 Å². The van der Waals surface area contributed by atoms with E-state index in [1.54, 1.807) is 0 Å². The Morgan fingerprint density at radius 2 is 1.84 bits per heavy atom. The van der Waals surface area contributed by atoms with Crippen LogP contribution >= 0.6 is 0 Å². The number of pyridine rings is 2. The van der Waals surface area contributed by atoms with Crippen molar-refractivity contribution in [3.63, 3.8) is 0 Å². The van der Waals surface area contributed by atoms with E-state index in [1.165, 1.54) is 11.6 Å². The number of hydrogen-bond acceptors (Lipinski definition) is 8. The summed E-state index contributed by atoms with van der Waals surface area (Å²) in [6.45, 7) is 21.3. The van der Waals surface area contributed by atoms with E-state index < -0.39 is 0 Å². The van der Waals surface area contributed by atoms with Crippen LogP contribution in [-0.2, 0) is 6.54 Å². The molecule has 10 heteroatoms. The zero-order chi connectivity index (χ0) is 36.8. The monoisotopic (exact) mass is 700 g/mol. The van der Waals surface area contributed by atoms with Gasteiger partial charge in [0.1, 0.15) is 11.6 Å². The van der Waals surface area contributed by atoms with Gasteiger partial charge in [-0.25, -0.2) is 9.37 Å². The second kappa shape index (κ2) is 17.1. The lowest BCUT2D eigenvalue weighted by Crippen LogP contribution is -2.54. The van der Waals surface area contributed by atoms with Gasteiger partial charge in [-0.1, -0.05) is 26.8 Å². The Bertz CT molecular complexity index is 1740. The third kappa shape index (κ3) is 8.60. The first-order valence-corrected chi connectivity index (χ1v) is 19.2. The highest BCUT2D eigenvalue weighted by Crippen LogP contribution is 2.34. The number of aryl methyl sites for hydroxylation is 1. The normalized spacial score (nSPS) is 22.7. The summed E-state index contributed by atoms with van der Waals surface area (Å²) in [5.74, 6) is 0.537. The van der Waals surface area contributed by atoms with Gasteiger partial charge in [0.2, 0.25) is 0 Å². The van der Waals surface area contributed by atoms with Crippen LogP contribution in [0, 0.1) is 12.7 Å². The van der Waals surface area contributed by atoms with Crippen molar-refractivity contribution in [2.45, 2.75) is 111 Å². The lowest BCUT2D eigenvalue weighted by atomic mass is 9.99. The topological polar surface area (TPSA) is 80.7 Å². The molecule has 0 aliphatic carbocycles. The molecule has 5 atom stereocenters. The maximum atomic E-state index is 16.2. The molecule has 3 N–H and O–H groups in total. The molecule has 51 heavy (non-hydrogen) atoms. The van der Waals surface area contributed by atoms with Gasteiger partial charge in [0, 0.05) is 93.7 Å². The molecule has 0 amide bonds. The van der Waals surface area contributed by atoms with Crippen molar-refractivity contribution in [1.29, 1.82) is 0 Å².